The van der Waals surface area contributed by atoms with Gasteiger partial charge in [0, 0.05) is 10.9 Å². The number of hydrogen-bond acceptors (Lipinski definition) is 5. The standard InChI is InChI=1S/C25H33NO4/c1-6-29-24(28)23(30-25(3,4)5)21-16(2)14-20-19(13-12-18(15-27)26-20)22(21)17-10-8-7-9-11-17/h10,12-14,23,27H,6-9,11,15H2,1-5H3. The van der Waals surface area contributed by atoms with E-state index in [0.717, 1.165) is 46.9 Å². The number of hydrogen-bond donors (Lipinski definition) is 1. The van der Waals surface area contributed by atoms with E-state index in [1.807, 2.05) is 52.8 Å². The lowest BCUT2D eigenvalue weighted by Gasteiger charge is -2.30. The lowest BCUT2D eigenvalue weighted by Crippen LogP contribution is -2.30. The third-order valence-electron chi connectivity index (χ3n) is 5.31. The van der Waals surface area contributed by atoms with Gasteiger partial charge in [0.2, 0.25) is 0 Å². The number of benzene rings is 1. The Balaban J connectivity index is 2.31. The molecule has 5 heteroatoms. The third-order valence-corrected chi connectivity index (χ3v) is 5.31. The molecule has 1 heterocycles. The van der Waals surface area contributed by atoms with Gasteiger partial charge in [-0.3, -0.25) is 4.98 Å². The Morgan fingerprint density at radius 1 is 1.27 bits per heavy atom. The van der Waals surface area contributed by atoms with Crippen molar-refractivity contribution >= 4 is 22.4 Å². The quantitative estimate of drug-likeness (QED) is 0.644. The molecule has 3 rings (SSSR count). The minimum atomic E-state index is -0.815. The van der Waals surface area contributed by atoms with Crippen LogP contribution in [0.4, 0.5) is 0 Å². The number of allylic oxidation sites excluding steroid dienone is 2. The van der Waals surface area contributed by atoms with Gasteiger partial charge in [-0.2, -0.15) is 0 Å². The maximum atomic E-state index is 13.0. The second-order valence-electron chi connectivity index (χ2n) is 8.85. The number of aliphatic hydroxyl groups excluding tert-OH is 1. The minimum Gasteiger partial charge on any atom is -0.464 e. The van der Waals surface area contributed by atoms with Crippen molar-refractivity contribution in [3.63, 3.8) is 0 Å². The van der Waals surface area contributed by atoms with E-state index in [-0.39, 0.29) is 12.6 Å². The molecule has 1 unspecified atom stereocenters. The molecule has 0 spiro atoms. The zero-order valence-corrected chi connectivity index (χ0v) is 18.7. The zero-order valence-electron chi connectivity index (χ0n) is 18.7. The molecule has 1 atom stereocenters. The Morgan fingerprint density at radius 2 is 2.03 bits per heavy atom. The van der Waals surface area contributed by atoms with Crippen molar-refractivity contribution < 1.29 is 19.4 Å². The molecule has 0 aliphatic heterocycles. The number of nitrogens with zero attached hydrogens (tertiary/aromatic N) is 1. The summed E-state index contributed by atoms with van der Waals surface area (Å²) < 4.78 is 11.7. The van der Waals surface area contributed by atoms with Gasteiger partial charge in [-0.15, -0.1) is 0 Å². The van der Waals surface area contributed by atoms with E-state index in [0.29, 0.717) is 12.3 Å². The first-order valence-corrected chi connectivity index (χ1v) is 10.8. The molecular weight excluding hydrogens is 378 g/mol. The summed E-state index contributed by atoms with van der Waals surface area (Å²) in [6.07, 6.45) is 5.74. The van der Waals surface area contributed by atoms with E-state index in [4.69, 9.17) is 9.47 Å². The number of carbonyl (C=O) groups excluding carboxylic acids is 1. The molecule has 0 bridgehead atoms. The topological polar surface area (TPSA) is 68.7 Å². The number of ether oxygens (including phenoxy) is 2. The first-order valence-electron chi connectivity index (χ1n) is 10.8. The highest BCUT2D eigenvalue weighted by atomic mass is 16.6. The summed E-state index contributed by atoms with van der Waals surface area (Å²) in [4.78, 5) is 17.7. The summed E-state index contributed by atoms with van der Waals surface area (Å²) >= 11 is 0. The second kappa shape index (κ2) is 9.27. The normalized spacial score (nSPS) is 15.7. The molecule has 30 heavy (non-hydrogen) atoms. The van der Waals surface area contributed by atoms with E-state index >= 15 is 0 Å². The van der Waals surface area contributed by atoms with Crippen LogP contribution in [0.2, 0.25) is 0 Å². The van der Waals surface area contributed by atoms with Crippen LogP contribution in [-0.4, -0.2) is 28.3 Å². The molecule has 0 radical (unpaired) electrons. The van der Waals surface area contributed by atoms with E-state index < -0.39 is 11.7 Å². The average Bonchev–Trinajstić information content (AvgIpc) is 2.71. The fourth-order valence-corrected chi connectivity index (χ4v) is 4.10. The van der Waals surface area contributed by atoms with Crippen LogP contribution in [-0.2, 0) is 20.9 Å². The van der Waals surface area contributed by atoms with Crippen molar-refractivity contribution in [3.8, 4) is 0 Å². The molecule has 5 nitrogen and oxygen atoms in total. The Bertz CT molecular complexity index is 956. The van der Waals surface area contributed by atoms with Crippen LogP contribution < -0.4 is 0 Å². The van der Waals surface area contributed by atoms with Gasteiger partial charge in [0.25, 0.3) is 0 Å². The molecule has 1 aromatic carbocycles. The third kappa shape index (κ3) is 4.90. The zero-order chi connectivity index (χ0) is 21.9. The fourth-order valence-electron chi connectivity index (χ4n) is 4.10. The number of carbonyl (C=O) groups is 1. The Kier molecular flexibility index (Phi) is 6.94. The van der Waals surface area contributed by atoms with Crippen molar-refractivity contribution in [1.82, 2.24) is 4.98 Å². The molecule has 0 saturated heterocycles. The van der Waals surface area contributed by atoms with Gasteiger partial charge in [-0.25, -0.2) is 4.79 Å². The summed E-state index contributed by atoms with van der Waals surface area (Å²) in [7, 11) is 0. The highest BCUT2D eigenvalue weighted by molar-refractivity contribution is 5.96. The van der Waals surface area contributed by atoms with E-state index in [2.05, 4.69) is 11.1 Å². The average molecular weight is 412 g/mol. The molecular formula is C25H33NO4. The number of esters is 1. The number of aliphatic hydroxyl groups is 1. The monoisotopic (exact) mass is 411 g/mol. The number of rotatable bonds is 6. The molecule has 1 aliphatic carbocycles. The number of pyridine rings is 1. The van der Waals surface area contributed by atoms with Gasteiger partial charge in [0.15, 0.2) is 6.10 Å². The molecule has 0 saturated carbocycles. The van der Waals surface area contributed by atoms with Gasteiger partial charge < -0.3 is 14.6 Å². The maximum absolute atomic E-state index is 13.0. The van der Waals surface area contributed by atoms with Crippen LogP contribution >= 0.6 is 0 Å². The largest absolute Gasteiger partial charge is 0.464 e. The van der Waals surface area contributed by atoms with Crippen LogP contribution in [0.25, 0.3) is 16.5 Å². The predicted octanol–water partition coefficient (Wildman–Crippen LogP) is 5.41. The minimum absolute atomic E-state index is 0.104. The summed E-state index contributed by atoms with van der Waals surface area (Å²) in [5, 5.41) is 10.5. The highest BCUT2D eigenvalue weighted by Crippen LogP contribution is 2.41. The maximum Gasteiger partial charge on any atom is 0.339 e. The van der Waals surface area contributed by atoms with E-state index in [1.54, 1.807) is 0 Å². The molecule has 0 fully saturated rings. The van der Waals surface area contributed by atoms with Gasteiger partial charge in [-0.1, -0.05) is 12.1 Å². The van der Waals surface area contributed by atoms with Gasteiger partial charge in [0.1, 0.15) is 0 Å². The molecule has 1 N–H and O–H groups in total. The Labute approximate surface area is 179 Å². The first kappa shape index (κ1) is 22.4. The number of aromatic nitrogens is 1. The summed E-state index contributed by atoms with van der Waals surface area (Å²) in [5.74, 6) is -0.368. The van der Waals surface area contributed by atoms with Gasteiger partial charge >= 0.3 is 5.97 Å². The summed E-state index contributed by atoms with van der Waals surface area (Å²) in [5.41, 5.74) is 5.00. The number of fused-ring (bicyclic) bond motifs is 1. The van der Waals surface area contributed by atoms with Crippen LogP contribution in [0.1, 0.15) is 81.9 Å². The molecule has 1 aromatic heterocycles. The van der Waals surface area contributed by atoms with Crippen LogP contribution in [0, 0.1) is 6.92 Å². The Hall–Kier alpha value is -2.24. The fraction of sp³-hybridized carbons (Fsp3) is 0.520. The SMILES string of the molecule is CCOC(=O)C(OC(C)(C)C)c1c(C)cc2nc(CO)ccc2c1C1=CCCCC1. The van der Waals surface area contributed by atoms with Crippen molar-refractivity contribution in [3.05, 3.63) is 46.7 Å². The van der Waals surface area contributed by atoms with Crippen molar-refractivity contribution in [1.29, 1.82) is 0 Å². The van der Waals surface area contributed by atoms with Crippen molar-refractivity contribution in [2.45, 2.75) is 78.6 Å². The van der Waals surface area contributed by atoms with Crippen molar-refractivity contribution in [2.75, 3.05) is 6.61 Å². The van der Waals surface area contributed by atoms with Crippen LogP contribution in [0.5, 0.6) is 0 Å². The predicted molar refractivity (Wildman–Crippen MR) is 119 cm³/mol. The van der Waals surface area contributed by atoms with Gasteiger partial charge in [0.05, 0.1) is 30.0 Å². The van der Waals surface area contributed by atoms with Crippen molar-refractivity contribution in [2.24, 2.45) is 0 Å². The smallest absolute Gasteiger partial charge is 0.339 e. The highest BCUT2D eigenvalue weighted by Gasteiger charge is 2.33. The van der Waals surface area contributed by atoms with Crippen LogP contribution in [0.3, 0.4) is 0 Å². The van der Waals surface area contributed by atoms with E-state index in [9.17, 15) is 9.90 Å². The molecule has 2 aromatic rings. The Morgan fingerprint density at radius 3 is 2.63 bits per heavy atom. The second-order valence-corrected chi connectivity index (χ2v) is 8.85. The van der Waals surface area contributed by atoms with Gasteiger partial charge in [-0.05, 0) is 89.1 Å². The lowest BCUT2D eigenvalue weighted by molar-refractivity contribution is -0.166. The number of aryl methyl sites for hydroxylation is 1. The van der Waals surface area contributed by atoms with Crippen LogP contribution in [0.15, 0.2) is 24.3 Å². The molecule has 162 valence electrons. The summed E-state index contributed by atoms with van der Waals surface area (Å²) in [6.45, 7) is 9.85. The summed E-state index contributed by atoms with van der Waals surface area (Å²) in [6, 6.07) is 5.83. The molecule has 1 aliphatic rings. The first-order chi connectivity index (χ1) is 14.2. The van der Waals surface area contributed by atoms with E-state index in [1.165, 1.54) is 12.0 Å². The lowest BCUT2D eigenvalue weighted by atomic mass is 9.84. The molecule has 0 amide bonds.